The van der Waals surface area contributed by atoms with Gasteiger partial charge in [-0.1, -0.05) is 24.4 Å². The molecule has 2 N–H and O–H groups in total. The van der Waals surface area contributed by atoms with Crippen molar-refractivity contribution in [3.63, 3.8) is 0 Å². The van der Waals surface area contributed by atoms with E-state index in [0.29, 0.717) is 30.9 Å². The molecule has 1 saturated carbocycles. The van der Waals surface area contributed by atoms with Crippen LogP contribution in [0, 0.1) is 5.92 Å². The zero-order valence-corrected chi connectivity index (χ0v) is 16.8. The summed E-state index contributed by atoms with van der Waals surface area (Å²) in [6, 6.07) is 5.05. The third-order valence-corrected chi connectivity index (χ3v) is 5.68. The minimum atomic E-state index is -0.358. The molecule has 3 rings (SSSR count). The van der Waals surface area contributed by atoms with E-state index in [-0.39, 0.29) is 41.1 Å². The second kappa shape index (κ2) is 9.39. The maximum Gasteiger partial charge on any atom is 0.252 e. The number of halogens is 1. The Labute approximate surface area is 169 Å². The minimum Gasteiger partial charge on any atom is -0.383 e. The lowest BCUT2D eigenvalue weighted by Gasteiger charge is -2.23. The quantitative estimate of drug-likeness (QED) is 0.679. The van der Waals surface area contributed by atoms with Gasteiger partial charge in [-0.15, -0.1) is 0 Å². The summed E-state index contributed by atoms with van der Waals surface area (Å²) in [5.74, 6) is -0.784. The fraction of sp³-hybridized carbons (Fsp3) is 0.550. The van der Waals surface area contributed by atoms with E-state index >= 15 is 0 Å². The number of ether oxygens (including phenoxy) is 1. The van der Waals surface area contributed by atoms with Crippen molar-refractivity contribution in [2.75, 3.05) is 32.1 Å². The van der Waals surface area contributed by atoms with Crippen LogP contribution in [-0.2, 0) is 14.3 Å². The predicted molar refractivity (Wildman–Crippen MR) is 106 cm³/mol. The molecule has 0 aromatic heterocycles. The number of benzene rings is 1. The largest absolute Gasteiger partial charge is 0.383 e. The summed E-state index contributed by atoms with van der Waals surface area (Å²) < 4.78 is 4.89. The van der Waals surface area contributed by atoms with Crippen LogP contribution >= 0.6 is 11.6 Å². The normalized spacial score (nSPS) is 19.9. The van der Waals surface area contributed by atoms with Gasteiger partial charge in [-0.25, -0.2) is 0 Å². The van der Waals surface area contributed by atoms with Gasteiger partial charge in [0.25, 0.3) is 5.91 Å². The van der Waals surface area contributed by atoms with E-state index < -0.39 is 0 Å². The van der Waals surface area contributed by atoms with E-state index in [9.17, 15) is 14.4 Å². The molecule has 1 aromatic carbocycles. The van der Waals surface area contributed by atoms with E-state index in [1.54, 1.807) is 25.3 Å². The maximum atomic E-state index is 12.6. The second-order valence-electron chi connectivity index (χ2n) is 7.32. The molecule has 1 aliphatic heterocycles. The van der Waals surface area contributed by atoms with Gasteiger partial charge in [0.15, 0.2) is 0 Å². The van der Waals surface area contributed by atoms with Gasteiger partial charge in [0.2, 0.25) is 11.8 Å². The van der Waals surface area contributed by atoms with Crippen LogP contribution in [0.3, 0.4) is 0 Å². The summed E-state index contributed by atoms with van der Waals surface area (Å²) in [5, 5.41) is 5.78. The van der Waals surface area contributed by atoms with E-state index in [0.717, 1.165) is 25.7 Å². The lowest BCUT2D eigenvalue weighted by Crippen LogP contribution is -2.35. The Balaban J connectivity index is 1.57. The van der Waals surface area contributed by atoms with Gasteiger partial charge >= 0.3 is 0 Å². The van der Waals surface area contributed by atoms with Crippen LogP contribution in [0.15, 0.2) is 18.2 Å². The third-order valence-electron chi connectivity index (χ3n) is 5.37. The van der Waals surface area contributed by atoms with Crippen molar-refractivity contribution >= 4 is 35.0 Å². The molecule has 0 spiro atoms. The highest BCUT2D eigenvalue weighted by molar-refractivity contribution is 6.34. The Morgan fingerprint density at radius 2 is 2.04 bits per heavy atom. The molecule has 3 amide bonds. The molecular weight excluding hydrogens is 382 g/mol. The second-order valence-corrected chi connectivity index (χ2v) is 7.73. The molecule has 2 fully saturated rings. The number of hydrogen-bond donors (Lipinski definition) is 2. The van der Waals surface area contributed by atoms with Crippen molar-refractivity contribution in [2.24, 2.45) is 5.92 Å². The number of carbonyl (C=O) groups is 3. The third kappa shape index (κ3) is 4.83. The van der Waals surface area contributed by atoms with Crippen molar-refractivity contribution in [1.82, 2.24) is 10.2 Å². The van der Waals surface area contributed by atoms with Gasteiger partial charge < -0.3 is 20.3 Å². The number of carbonyl (C=O) groups excluding carboxylic acids is 3. The zero-order chi connectivity index (χ0) is 20.1. The van der Waals surface area contributed by atoms with Crippen LogP contribution in [0.5, 0.6) is 0 Å². The van der Waals surface area contributed by atoms with Crippen LogP contribution in [0.1, 0.15) is 42.5 Å². The lowest BCUT2D eigenvalue weighted by molar-refractivity contribution is -0.129. The Kier molecular flexibility index (Phi) is 6.91. The van der Waals surface area contributed by atoms with Gasteiger partial charge in [0.1, 0.15) is 0 Å². The molecule has 2 aliphatic rings. The number of nitrogens with zero attached hydrogens (tertiary/aromatic N) is 1. The molecule has 1 unspecified atom stereocenters. The molecule has 28 heavy (non-hydrogen) atoms. The molecule has 152 valence electrons. The highest BCUT2D eigenvalue weighted by Gasteiger charge is 2.38. The molecular formula is C20H26ClN3O4. The fourth-order valence-corrected chi connectivity index (χ4v) is 4.13. The van der Waals surface area contributed by atoms with Gasteiger partial charge in [0.05, 0.1) is 23.1 Å². The monoisotopic (exact) mass is 407 g/mol. The average molecular weight is 408 g/mol. The lowest BCUT2D eigenvalue weighted by atomic mass is 10.1. The topological polar surface area (TPSA) is 87.7 Å². The van der Waals surface area contributed by atoms with Crippen LogP contribution in [0.25, 0.3) is 0 Å². The highest BCUT2D eigenvalue weighted by atomic mass is 35.5. The van der Waals surface area contributed by atoms with Crippen molar-refractivity contribution in [3.8, 4) is 0 Å². The SMILES string of the molecule is COCCNC(=O)c1ccc(NC(=O)C2CC(=O)N(C3CCCC3)C2)cc1Cl. The van der Waals surface area contributed by atoms with Crippen molar-refractivity contribution in [3.05, 3.63) is 28.8 Å². The number of likely N-dealkylation sites (tertiary alicyclic amines) is 1. The number of anilines is 1. The predicted octanol–water partition coefficient (Wildman–Crippen LogP) is 2.45. The van der Waals surface area contributed by atoms with Crippen LogP contribution < -0.4 is 10.6 Å². The first-order chi connectivity index (χ1) is 13.5. The Hall–Kier alpha value is -2.12. The summed E-state index contributed by atoms with van der Waals surface area (Å²) in [5.41, 5.74) is 0.842. The highest BCUT2D eigenvalue weighted by Crippen LogP contribution is 2.30. The summed E-state index contributed by atoms with van der Waals surface area (Å²) in [4.78, 5) is 38.9. The van der Waals surface area contributed by atoms with E-state index in [1.807, 2.05) is 4.90 Å². The van der Waals surface area contributed by atoms with Crippen LogP contribution in [0.2, 0.25) is 5.02 Å². The van der Waals surface area contributed by atoms with Crippen molar-refractivity contribution < 1.29 is 19.1 Å². The van der Waals surface area contributed by atoms with Crippen LogP contribution in [0.4, 0.5) is 5.69 Å². The summed E-state index contributed by atoms with van der Waals surface area (Å²) >= 11 is 6.21. The van der Waals surface area contributed by atoms with Crippen molar-refractivity contribution in [1.29, 1.82) is 0 Å². The van der Waals surface area contributed by atoms with E-state index in [1.165, 1.54) is 0 Å². The first-order valence-corrected chi connectivity index (χ1v) is 10.0. The number of methoxy groups -OCH3 is 1. The van der Waals surface area contributed by atoms with Gasteiger partial charge in [-0.2, -0.15) is 0 Å². The summed E-state index contributed by atoms with van der Waals surface area (Å²) in [6.07, 6.45) is 4.60. The molecule has 0 bridgehead atoms. The number of hydrogen-bond acceptors (Lipinski definition) is 4. The average Bonchev–Trinajstić information content (AvgIpc) is 3.31. The fourth-order valence-electron chi connectivity index (χ4n) is 3.86. The molecule has 0 radical (unpaired) electrons. The number of rotatable bonds is 7. The number of amides is 3. The smallest absolute Gasteiger partial charge is 0.252 e. The van der Waals surface area contributed by atoms with Gasteiger partial charge in [-0.05, 0) is 31.0 Å². The standard InChI is InChI=1S/C20H26ClN3O4/c1-28-9-8-22-20(27)16-7-6-14(11-17(16)21)23-19(26)13-10-18(25)24(12-13)15-4-2-3-5-15/h6-7,11,13,15H,2-5,8-10,12H2,1H3,(H,22,27)(H,23,26). The number of nitrogens with one attached hydrogen (secondary N) is 2. The zero-order valence-electron chi connectivity index (χ0n) is 16.0. The molecule has 8 heteroatoms. The molecule has 1 aliphatic carbocycles. The molecule has 1 saturated heterocycles. The Morgan fingerprint density at radius 1 is 1.29 bits per heavy atom. The Morgan fingerprint density at radius 3 is 2.71 bits per heavy atom. The minimum absolute atomic E-state index is 0.0631. The molecule has 1 heterocycles. The Bertz CT molecular complexity index is 749. The molecule has 1 aromatic rings. The summed E-state index contributed by atoms with van der Waals surface area (Å²) in [7, 11) is 1.56. The summed E-state index contributed by atoms with van der Waals surface area (Å²) in [6.45, 7) is 1.27. The molecule has 1 atom stereocenters. The van der Waals surface area contributed by atoms with E-state index in [4.69, 9.17) is 16.3 Å². The molecule has 7 nitrogen and oxygen atoms in total. The maximum absolute atomic E-state index is 12.6. The van der Waals surface area contributed by atoms with Crippen LogP contribution in [-0.4, -0.2) is 55.5 Å². The van der Waals surface area contributed by atoms with Gasteiger partial charge in [0, 0.05) is 38.3 Å². The van der Waals surface area contributed by atoms with Gasteiger partial charge in [-0.3, -0.25) is 14.4 Å². The first-order valence-electron chi connectivity index (χ1n) is 9.66. The first kappa shape index (κ1) is 20.6. The van der Waals surface area contributed by atoms with Crippen molar-refractivity contribution in [2.45, 2.75) is 38.1 Å². The van der Waals surface area contributed by atoms with E-state index in [2.05, 4.69) is 10.6 Å².